The van der Waals surface area contributed by atoms with Crippen LogP contribution in [0.1, 0.15) is 39.5 Å². The molecular formula is C14H31N3. The van der Waals surface area contributed by atoms with Gasteiger partial charge in [-0.3, -0.25) is 0 Å². The number of nitrogens with one attached hydrogen (secondary N) is 1. The highest BCUT2D eigenvalue weighted by Crippen LogP contribution is 2.14. The standard InChI is InChI=1S/C14H31N3/c1-5-9-15-13(2)8-11-17-10-6-7-14(12-17)16(3)4/h13-15H,5-12H2,1-4H3. The predicted octanol–water partition coefficient (Wildman–Crippen LogP) is 1.79. The molecule has 3 nitrogen and oxygen atoms in total. The molecule has 1 aliphatic heterocycles. The summed E-state index contributed by atoms with van der Waals surface area (Å²) in [6.07, 6.45) is 5.24. The highest BCUT2D eigenvalue weighted by atomic mass is 15.2. The minimum Gasteiger partial charge on any atom is -0.314 e. The number of likely N-dealkylation sites (N-methyl/N-ethyl adjacent to an activating group) is 1. The predicted molar refractivity (Wildman–Crippen MR) is 75.5 cm³/mol. The van der Waals surface area contributed by atoms with Crippen LogP contribution in [0.4, 0.5) is 0 Å². The zero-order valence-corrected chi connectivity index (χ0v) is 12.2. The fourth-order valence-corrected chi connectivity index (χ4v) is 2.52. The first-order valence-electron chi connectivity index (χ1n) is 7.25. The van der Waals surface area contributed by atoms with Crippen molar-refractivity contribution in [3.63, 3.8) is 0 Å². The molecule has 1 saturated heterocycles. The normalized spacial score (nSPS) is 24.2. The molecule has 0 amide bonds. The Labute approximate surface area is 108 Å². The van der Waals surface area contributed by atoms with Crippen LogP contribution in [0.15, 0.2) is 0 Å². The molecule has 0 bridgehead atoms. The van der Waals surface area contributed by atoms with Crippen LogP contribution in [0.3, 0.4) is 0 Å². The monoisotopic (exact) mass is 241 g/mol. The van der Waals surface area contributed by atoms with Crippen LogP contribution >= 0.6 is 0 Å². The Morgan fingerprint density at radius 2 is 2.18 bits per heavy atom. The van der Waals surface area contributed by atoms with E-state index in [1.54, 1.807) is 0 Å². The Morgan fingerprint density at radius 1 is 1.41 bits per heavy atom. The molecular weight excluding hydrogens is 210 g/mol. The maximum atomic E-state index is 3.57. The third-order valence-corrected chi connectivity index (χ3v) is 3.83. The van der Waals surface area contributed by atoms with Crippen molar-refractivity contribution in [1.82, 2.24) is 15.1 Å². The second kappa shape index (κ2) is 8.06. The maximum absolute atomic E-state index is 3.57. The maximum Gasteiger partial charge on any atom is 0.0217 e. The van der Waals surface area contributed by atoms with E-state index in [-0.39, 0.29) is 0 Å². The van der Waals surface area contributed by atoms with E-state index in [0.29, 0.717) is 6.04 Å². The minimum absolute atomic E-state index is 0.662. The smallest absolute Gasteiger partial charge is 0.0217 e. The molecule has 3 heteroatoms. The van der Waals surface area contributed by atoms with Crippen molar-refractivity contribution >= 4 is 0 Å². The van der Waals surface area contributed by atoms with Crippen LogP contribution < -0.4 is 5.32 Å². The van der Waals surface area contributed by atoms with E-state index in [0.717, 1.165) is 12.6 Å². The molecule has 1 aliphatic rings. The number of rotatable bonds is 7. The van der Waals surface area contributed by atoms with Gasteiger partial charge in [-0.15, -0.1) is 0 Å². The summed E-state index contributed by atoms with van der Waals surface area (Å²) in [5.41, 5.74) is 0. The van der Waals surface area contributed by atoms with Gasteiger partial charge in [-0.05, 0) is 66.3 Å². The summed E-state index contributed by atoms with van der Waals surface area (Å²) in [7, 11) is 4.42. The zero-order valence-electron chi connectivity index (χ0n) is 12.2. The Hall–Kier alpha value is -0.120. The Balaban J connectivity index is 2.18. The highest BCUT2D eigenvalue weighted by Gasteiger charge is 2.21. The van der Waals surface area contributed by atoms with E-state index in [2.05, 4.69) is 43.1 Å². The van der Waals surface area contributed by atoms with Crippen LogP contribution in [0.25, 0.3) is 0 Å². The molecule has 17 heavy (non-hydrogen) atoms. The molecule has 0 aromatic heterocycles. The van der Waals surface area contributed by atoms with E-state index in [9.17, 15) is 0 Å². The molecule has 1 N–H and O–H groups in total. The summed E-state index contributed by atoms with van der Waals surface area (Å²) < 4.78 is 0. The first-order chi connectivity index (χ1) is 8.13. The molecule has 102 valence electrons. The van der Waals surface area contributed by atoms with Crippen molar-refractivity contribution in [2.45, 2.75) is 51.6 Å². The first kappa shape index (κ1) is 14.9. The topological polar surface area (TPSA) is 18.5 Å². The van der Waals surface area contributed by atoms with Gasteiger partial charge in [-0.1, -0.05) is 6.92 Å². The lowest BCUT2D eigenvalue weighted by atomic mass is 10.0. The van der Waals surface area contributed by atoms with E-state index < -0.39 is 0 Å². The minimum atomic E-state index is 0.662. The summed E-state index contributed by atoms with van der Waals surface area (Å²) >= 11 is 0. The average molecular weight is 241 g/mol. The van der Waals surface area contributed by atoms with Crippen molar-refractivity contribution in [3.8, 4) is 0 Å². The van der Waals surface area contributed by atoms with Gasteiger partial charge < -0.3 is 15.1 Å². The number of nitrogens with zero attached hydrogens (tertiary/aromatic N) is 2. The molecule has 0 aromatic carbocycles. The molecule has 0 radical (unpaired) electrons. The number of likely N-dealkylation sites (tertiary alicyclic amines) is 1. The first-order valence-corrected chi connectivity index (χ1v) is 7.25. The second-order valence-corrected chi connectivity index (χ2v) is 5.70. The van der Waals surface area contributed by atoms with Gasteiger partial charge in [0.2, 0.25) is 0 Å². The second-order valence-electron chi connectivity index (χ2n) is 5.70. The fourth-order valence-electron chi connectivity index (χ4n) is 2.52. The van der Waals surface area contributed by atoms with Crippen LogP contribution in [0.2, 0.25) is 0 Å². The Kier molecular flexibility index (Phi) is 7.09. The lowest BCUT2D eigenvalue weighted by Crippen LogP contribution is -2.46. The Bertz CT molecular complexity index is 194. The van der Waals surface area contributed by atoms with Crippen LogP contribution in [-0.4, -0.2) is 62.2 Å². The summed E-state index contributed by atoms with van der Waals surface area (Å²) in [5, 5.41) is 3.57. The molecule has 1 rings (SSSR count). The summed E-state index contributed by atoms with van der Waals surface area (Å²) in [4.78, 5) is 5.02. The van der Waals surface area contributed by atoms with Gasteiger partial charge in [0.15, 0.2) is 0 Å². The average Bonchev–Trinajstić information content (AvgIpc) is 2.34. The SMILES string of the molecule is CCCNC(C)CCN1CCCC(N(C)C)C1. The van der Waals surface area contributed by atoms with Crippen molar-refractivity contribution in [1.29, 1.82) is 0 Å². The summed E-state index contributed by atoms with van der Waals surface area (Å²) in [6, 6.07) is 1.43. The van der Waals surface area contributed by atoms with E-state index in [4.69, 9.17) is 0 Å². The van der Waals surface area contributed by atoms with Gasteiger partial charge in [0.05, 0.1) is 0 Å². The molecule has 2 atom stereocenters. The third-order valence-electron chi connectivity index (χ3n) is 3.83. The molecule has 0 spiro atoms. The zero-order chi connectivity index (χ0) is 12.7. The van der Waals surface area contributed by atoms with Gasteiger partial charge in [0.25, 0.3) is 0 Å². The van der Waals surface area contributed by atoms with Gasteiger partial charge >= 0.3 is 0 Å². The third kappa shape index (κ3) is 5.84. The van der Waals surface area contributed by atoms with E-state index in [1.165, 1.54) is 45.3 Å². The number of hydrogen-bond donors (Lipinski definition) is 1. The van der Waals surface area contributed by atoms with Gasteiger partial charge in [0, 0.05) is 18.6 Å². The van der Waals surface area contributed by atoms with Gasteiger partial charge in [0.1, 0.15) is 0 Å². The van der Waals surface area contributed by atoms with Gasteiger partial charge in [-0.25, -0.2) is 0 Å². The Morgan fingerprint density at radius 3 is 2.82 bits per heavy atom. The van der Waals surface area contributed by atoms with Crippen molar-refractivity contribution in [2.24, 2.45) is 0 Å². The van der Waals surface area contributed by atoms with Crippen molar-refractivity contribution in [3.05, 3.63) is 0 Å². The molecule has 0 aromatic rings. The lowest BCUT2D eigenvalue weighted by Gasteiger charge is -2.36. The molecule has 1 heterocycles. The number of hydrogen-bond acceptors (Lipinski definition) is 3. The number of piperidine rings is 1. The molecule has 1 fully saturated rings. The van der Waals surface area contributed by atoms with E-state index in [1.807, 2.05) is 0 Å². The van der Waals surface area contributed by atoms with Crippen LogP contribution in [0.5, 0.6) is 0 Å². The molecule has 2 unspecified atom stereocenters. The van der Waals surface area contributed by atoms with Gasteiger partial charge in [-0.2, -0.15) is 0 Å². The molecule has 0 aliphatic carbocycles. The summed E-state index contributed by atoms with van der Waals surface area (Å²) in [6.45, 7) is 9.50. The fraction of sp³-hybridized carbons (Fsp3) is 1.00. The van der Waals surface area contributed by atoms with Crippen LogP contribution in [0, 0.1) is 0 Å². The quantitative estimate of drug-likeness (QED) is 0.733. The largest absolute Gasteiger partial charge is 0.314 e. The van der Waals surface area contributed by atoms with Crippen molar-refractivity contribution in [2.75, 3.05) is 40.3 Å². The summed E-state index contributed by atoms with van der Waals surface area (Å²) in [5.74, 6) is 0. The molecule has 0 saturated carbocycles. The van der Waals surface area contributed by atoms with Crippen LogP contribution in [-0.2, 0) is 0 Å². The highest BCUT2D eigenvalue weighted by molar-refractivity contribution is 4.78. The van der Waals surface area contributed by atoms with Crippen molar-refractivity contribution < 1.29 is 0 Å². The van der Waals surface area contributed by atoms with E-state index >= 15 is 0 Å². The lowest BCUT2D eigenvalue weighted by molar-refractivity contribution is 0.129.